The van der Waals surface area contributed by atoms with Crippen molar-refractivity contribution in [1.29, 1.82) is 0 Å². The quantitative estimate of drug-likeness (QED) is 0.194. The van der Waals surface area contributed by atoms with Gasteiger partial charge in [-0.25, -0.2) is 8.42 Å². The predicted octanol–water partition coefficient (Wildman–Crippen LogP) is -4.62. The first kappa shape index (κ1) is 35.1. The molecule has 0 spiro atoms. The molecule has 0 saturated carbocycles. The zero-order valence-corrected chi connectivity index (χ0v) is 23.2. The lowest BCUT2D eigenvalue weighted by molar-refractivity contribution is -0.301. The van der Waals surface area contributed by atoms with E-state index < -0.39 is 33.9 Å². The Bertz CT molecular complexity index is 1150. The molecular weight excluding hydrogens is 562 g/mol. The van der Waals surface area contributed by atoms with Gasteiger partial charge in [-0.05, 0) is 56.3 Å². The van der Waals surface area contributed by atoms with E-state index in [0.717, 1.165) is 45.4 Å². The lowest BCUT2D eigenvalue weighted by Crippen LogP contribution is -2.46. The normalized spacial score (nSPS) is 16.7. The molecule has 0 bridgehead atoms. The Morgan fingerprint density at radius 1 is 0.683 bits per heavy atom. The number of hydrogen-bond donors (Lipinski definition) is 0. The number of ketones is 1. The van der Waals surface area contributed by atoms with E-state index in [4.69, 9.17) is 0 Å². The van der Waals surface area contributed by atoms with Gasteiger partial charge in [0, 0.05) is 44.8 Å². The maximum Gasteiger partial charge on any atom is 0.243 e. The van der Waals surface area contributed by atoms with Crippen LogP contribution in [0.5, 0.6) is 0 Å². The number of carbonyl (C=O) groups is 5. The Labute approximate surface area is 237 Å². The summed E-state index contributed by atoms with van der Waals surface area (Å²) in [5, 5.41) is 37.7. The number of hydrogen-bond acceptors (Lipinski definition) is 13. The van der Waals surface area contributed by atoms with Gasteiger partial charge in [-0.3, -0.25) is 9.69 Å². The number of likely N-dealkylation sites (N-methyl/N-ethyl adjacent to an activating group) is 1. The van der Waals surface area contributed by atoms with Crippen LogP contribution >= 0.6 is 0 Å². The van der Waals surface area contributed by atoms with E-state index in [1.165, 1.54) is 0 Å². The fourth-order valence-corrected chi connectivity index (χ4v) is 5.16. The van der Waals surface area contributed by atoms with Gasteiger partial charge >= 0.3 is 0 Å². The van der Waals surface area contributed by atoms with Crippen molar-refractivity contribution < 1.29 is 52.8 Å². The Morgan fingerprint density at radius 3 is 1.49 bits per heavy atom. The number of aliphatic carboxylic acids is 4. The molecule has 15 heteroatoms. The highest BCUT2D eigenvalue weighted by Crippen LogP contribution is 2.21. The zero-order chi connectivity index (χ0) is 31.0. The van der Waals surface area contributed by atoms with E-state index in [1.807, 2.05) is 0 Å². The summed E-state index contributed by atoms with van der Waals surface area (Å²) in [6.45, 7) is 5.30. The molecular formula is C26H31N3O11S-4. The van der Waals surface area contributed by atoms with Crippen molar-refractivity contribution in [2.45, 2.75) is 24.2 Å². The second-order valence-corrected chi connectivity index (χ2v) is 10.9. The van der Waals surface area contributed by atoms with Crippen molar-refractivity contribution in [2.75, 3.05) is 52.9 Å². The van der Waals surface area contributed by atoms with Crippen LogP contribution in [0.3, 0.4) is 0 Å². The molecule has 0 amide bonds. The highest BCUT2D eigenvalue weighted by Gasteiger charge is 2.26. The minimum atomic E-state index is -3.43. The van der Waals surface area contributed by atoms with Crippen molar-refractivity contribution in [3.8, 4) is 0 Å². The lowest BCUT2D eigenvalue weighted by atomic mass is 10.1. The van der Waals surface area contributed by atoms with E-state index >= 15 is 0 Å². The fourth-order valence-electron chi connectivity index (χ4n) is 3.64. The van der Waals surface area contributed by atoms with Crippen LogP contribution in [0.25, 0.3) is 0 Å². The molecule has 226 valence electrons. The second kappa shape index (κ2) is 17.7. The third kappa shape index (κ3) is 14.3. The van der Waals surface area contributed by atoms with E-state index in [0.29, 0.717) is 49.5 Å². The maximum absolute atomic E-state index is 12.6. The third-order valence-corrected chi connectivity index (χ3v) is 7.72. The molecule has 2 saturated heterocycles. The minimum absolute atomic E-state index is 0.0477. The first-order valence-electron chi connectivity index (χ1n) is 12.5. The molecule has 1 aromatic carbocycles. The molecule has 1 aromatic rings. The first-order chi connectivity index (χ1) is 19.2. The number of Topliss-reactive ketones (excluding diaryl/α,β-unsaturated/α-hetero) is 1. The molecule has 0 aliphatic carbocycles. The Morgan fingerprint density at radius 2 is 1.10 bits per heavy atom. The average molecular weight is 594 g/mol. The van der Waals surface area contributed by atoms with Crippen LogP contribution in [0.15, 0.2) is 53.5 Å². The summed E-state index contributed by atoms with van der Waals surface area (Å²) in [6.07, 6.45) is 4.46. The van der Waals surface area contributed by atoms with Gasteiger partial charge in [0.15, 0.2) is 5.78 Å². The van der Waals surface area contributed by atoms with Crippen LogP contribution in [0.4, 0.5) is 0 Å². The number of benzene rings is 1. The molecule has 0 aromatic heterocycles. The molecule has 2 aliphatic heterocycles. The summed E-state index contributed by atoms with van der Waals surface area (Å²) in [6, 6.07) is 6.44. The number of piperazine rings is 1. The number of piperidine rings is 1. The highest BCUT2D eigenvalue weighted by atomic mass is 32.2. The molecule has 41 heavy (non-hydrogen) atoms. The predicted molar refractivity (Wildman–Crippen MR) is 136 cm³/mol. The summed E-state index contributed by atoms with van der Waals surface area (Å²) < 4.78 is 26.8. The summed E-state index contributed by atoms with van der Waals surface area (Å²) in [4.78, 5) is 54.8. The van der Waals surface area contributed by atoms with Gasteiger partial charge in [-0.15, -0.1) is 0 Å². The fraction of sp³-hybridized carbons (Fsp3) is 0.423. The Kier molecular flexibility index (Phi) is 15.2. The molecule has 0 unspecified atom stereocenters. The van der Waals surface area contributed by atoms with Crippen LogP contribution in [0.1, 0.15) is 29.6 Å². The van der Waals surface area contributed by atoms with Gasteiger partial charge in [0.2, 0.25) is 10.0 Å². The smallest absolute Gasteiger partial charge is 0.243 e. The SMILES string of the molecule is CN1CCN(CC(=O)c2ccc(S(=O)(=O)N3CCCCC3)cc2)CC1.O=C([O-])/C=C\C(=O)[O-].O=C([O-])/C=C\C(=O)[O-]. The third-order valence-electron chi connectivity index (χ3n) is 5.80. The molecule has 0 atom stereocenters. The molecule has 2 heterocycles. The van der Waals surface area contributed by atoms with E-state index in [9.17, 15) is 52.8 Å². The van der Waals surface area contributed by atoms with Gasteiger partial charge in [0.1, 0.15) is 0 Å². The topological polar surface area (TPSA) is 221 Å². The summed E-state index contributed by atoms with van der Waals surface area (Å²) in [5.74, 6) is -6.14. The molecule has 0 N–H and O–H groups in total. The van der Waals surface area contributed by atoms with Crippen molar-refractivity contribution in [1.82, 2.24) is 14.1 Å². The van der Waals surface area contributed by atoms with E-state index in [2.05, 4.69) is 16.8 Å². The van der Waals surface area contributed by atoms with Gasteiger partial charge in [0.25, 0.3) is 0 Å². The molecule has 3 rings (SSSR count). The van der Waals surface area contributed by atoms with Crippen LogP contribution in [0.2, 0.25) is 0 Å². The average Bonchev–Trinajstić information content (AvgIpc) is 2.93. The van der Waals surface area contributed by atoms with Crippen molar-refractivity contribution in [3.05, 3.63) is 54.1 Å². The van der Waals surface area contributed by atoms with E-state index in [1.54, 1.807) is 28.6 Å². The summed E-state index contributed by atoms with van der Waals surface area (Å²) in [5.41, 5.74) is 0.580. The largest absolute Gasteiger partial charge is 0.545 e. The van der Waals surface area contributed by atoms with Crippen LogP contribution in [-0.2, 0) is 29.2 Å². The van der Waals surface area contributed by atoms with Gasteiger partial charge in [-0.2, -0.15) is 4.31 Å². The molecule has 0 radical (unpaired) electrons. The second-order valence-electron chi connectivity index (χ2n) is 8.93. The van der Waals surface area contributed by atoms with Crippen LogP contribution in [-0.4, -0.2) is 105 Å². The number of carboxylic acid groups (broad SMARTS) is 4. The minimum Gasteiger partial charge on any atom is -0.545 e. The number of carboxylic acids is 4. The molecule has 2 fully saturated rings. The molecule has 2 aliphatic rings. The van der Waals surface area contributed by atoms with Crippen molar-refractivity contribution in [2.24, 2.45) is 0 Å². The maximum atomic E-state index is 12.6. The van der Waals surface area contributed by atoms with Gasteiger partial charge in [0.05, 0.1) is 35.3 Å². The van der Waals surface area contributed by atoms with E-state index in [-0.39, 0.29) is 10.7 Å². The lowest BCUT2D eigenvalue weighted by Gasteiger charge is -2.31. The summed E-state index contributed by atoms with van der Waals surface area (Å²) in [7, 11) is -1.35. The van der Waals surface area contributed by atoms with Gasteiger partial charge < -0.3 is 44.5 Å². The highest BCUT2D eigenvalue weighted by molar-refractivity contribution is 7.89. The Hall–Kier alpha value is -3.92. The number of carbonyl (C=O) groups excluding carboxylic acids is 5. The standard InChI is InChI=1S/C18H27N3O3S.2C4H4O4/c1-19-11-13-20(14-12-19)15-18(22)16-5-7-17(8-6-16)25(23,24)21-9-3-2-4-10-21;2*5-3(6)1-2-4(7)8/h5-8H,2-4,9-15H2,1H3;2*1-2H,(H,5,6)(H,7,8)/p-4/b;2*2-1-. The number of nitrogens with zero attached hydrogens (tertiary/aromatic N) is 3. The molecule has 14 nitrogen and oxygen atoms in total. The number of rotatable bonds is 9. The van der Waals surface area contributed by atoms with Crippen molar-refractivity contribution in [3.63, 3.8) is 0 Å². The van der Waals surface area contributed by atoms with Crippen LogP contribution < -0.4 is 20.4 Å². The zero-order valence-electron chi connectivity index (χ0n) is 22.4. The Balaban J connectivity index is 0.000000433. The number of sulfonamides is 1. The van der Waals surface area contributed by atoms with Gasteiger partial charge in [-0.1, -0.05) is 18.6 Å². The van der Waals surface area contributed by atoms with Crippen molar-refractivity contribution >= 4 is 39.7 Å². The monoisotopic (exact) mass is 593 g/mol. The van der Waals surface area contributed by atoms with Crippen LogP contribution in [0, 0.1) is 0 Å². The first-order valence-corrected chi connectivity index (χ1v) is 13.9. The summed E-state index contributed by atoms with van der Waals surface area (Å²) >= 11 is 0.